The van der Waals surface area contributed by atoms with E-state index in [-0.39, 0.29) is 23.7 Å². The molecule has 8 heteroatoms. The number of benzene rings is 1. The molecule has 0 unspecified atom stereocenters. The van der Waals surface area contributed by atoms with Gasteiger partial charge in [-0.25, -0.2) is 18.7 Å². The van der Waals surface area contributed by atoms with Gasteiger partial charge in [-0.05, 0) is 6.07 Å². The second-order valence-corrected chi connectivity index (χ2v) is 5.45. The van der Waals surface area contributed by atoms with Gasteiger partial charge < -0.3 is 9.47 Å². The van der Waals surface area contributed by atoms with Crippen LogP contribution >= 0.6 is 0 Å². The molecule has 0 spiro atoms. The minimum atomic E-state index is -3.79. The maximum atomic E-state index is 13.8. The molecular weight excluding hydrogens is 265 g/mol. The molecule has 0 heterocycles. The first-order valence-corrected chi connectivity index (χ1v) is 6.71. The monoisotopic (exact) mass is 279 g/mol. The van der Waals surface area contributed by atoms with Crippen molar-refractivity contribution in [3.05, 3.63) is 17.4 Å². The number of ether oxygens (including phenoxy) is 2. The highest BCUT2D eigenvalue weighted by Crippen LogP contribution is 2.39. The Labute approximate surface area is 104 Å². The smallest absolute Gasteiger partial charge is 0.182 e. The van der Waals surface area contributed by atoms with Crippen molar-refractivity contribution in [3.63, 3.8) is 0 Å². The van der Waals surface area contributed by atoms with E-state index in [4.69, 9.17) is 15.4 Å². The lowest BCUT2D eigenvalue weighted by atomic mass is 10.2. The van der Waals surface area contributed by atoms with Gasteiger partial charge in [0.15, 0.2) is 21.3 Å². The largest absolute Gasteiger partial charge is 0.492 e. The van der Waals surface area contributed by atoms with Gasteiger partial charge >= 0.3 is 0 Å². The van der Waals surface area contributed by atoms with E-state index in [0.29, 0.717) is 0 Å². The average Bonchev–Trinajstić information content (AvgIpc) is 2.26. The molecule has 6 nitrogen and oxygen atoms in total. The van der Waals surface area contributed by atoms with Crippen molar-refractivity contribution in [1.29, 1.82) is 0 Å². The third kappa shape index (κ3) is 2.71. The van der Waals surface area contributed by atoms with Crippen molar-refractivity contribution < 1.29 is 27.1 Å². The van der Waals surface area contributed by atoms with E-state index in [0.717, 1.165) is 12.3 Å². The Kier molecular flexibility index (Phi) is 4.49. The van der Waals surface area contributed by atoms with Crippen LogP contribution < -0.4 is 15.4 Å². The van der Waals surface area contributed by atoms with Gasteiger partial charge in [0.25, 0.3) is 0 Å². The predicted octanol–water partition coefficient (Wildman–Crippen LogP) is 0.637. The molecule has 0 bridgehead atoms. The molecule has 0 aliphatic carbocycles. The molecule has 18 heavy (non-hydrogen) atoms. The summed E-state index contributed by atoms with van der Waals surface area (Å²) in [5, 5.41) is 0. The Bertz CT molecular complexity index is 544. The van der Waals surface area contributed by atoms with Crippen molar-refractivity contribution in [3.8, 4) is 11.5 Å². The van der Waals surface area contributed by atoms with Crippen LogP contribution in [0.2, 0.25) is 0 Å². The van der Waals surface area contributed by atoms with Crippen molar-refractivity contribution >= 4 is 9.84 Å². The van der Waals surface area contributed by atoms with E-state index in [1.54, 1.807) is 0 Å². The van der Waals surface area contributed by atoms with Gasteiger partial charge in [-0.1, -0.05) is 0 Å². The summed E-state index contributed by atoms with van der Waals surface area (Å²) in [6.07, 6.45) is 0.881. The van der Waals surface area contributed by atoms with Crippen LogP contribution in [0.1, 0.15) is 5.56 Å². The first kappa shape index (κ1) is 14.7. The number of hydrogen-bond donors (Lipinski definition) is 1. The summed E-state index contributed by atoms with van der Waals surface area (Å²) in [5.74, 6) is 3.84. The highest BCUT2D eigenvalue weighted by molar-refractivity contribution is 7.90. The van der Waals surface area contributed by atoms with Crippen LogP contribution in [-0.4, -0.2) is 28.9 Å². The summed E-state index contributed by atoms with van der Waals surface area (Å²) in [4.78, 5) is 3.85. The van der Waals surface area contributed by atoms with Crippen molar-refractivity contribution in [2.75, 3.05) is 20.5 Å². The normalized spacial score (nSPS) is 11.4. The molecular formula is C10H14FNO5S. The Balaban J connectivity index is 3.66. The molecule has 2 N–H and O–H groups in total. The van der Waals surface area contributed by atoms with Crippen LogP contribution in [0, 0.1) is 5.82 Å². The van der Waals surface area contributed by atoms with Crippen LogP contribution in [0.15, 0.2) is 11.0 Å². The van der Waals surface area contributed by atoms with Gasteiger partial charge in [-0.2, -0.15) is 0 Å². The van der Waals surface area contributed by atoms with Crippen LogP contribution in [-0.2, 0) is 21.3 Å². The molecule has 0 saturated carbocycles. The van der Waals surface area contributed by atoms with Gasteiger partial charge in [0, 0.05) is 11.8 Å². The zero-order chi connectivity index (χ0) is 13.9. The van der Waals surface area contributed by atoms with Crippen LogP contribution in [0.25, 0.3) is 0 Å². The second-order valence-electron chi connectivity index (χ2n) is 3.50. The molecule has 0 saturated heterocycles. The lowest BCUT2D eigenvalue weighted by Gasteiger charge is -2.16. The van der Waals surface area contributed by atoms with Crippen LogP contribution in [0.3, 0.4) is 0 Å². The fourth-order valence-electron chi connectivity index (χ4n) is 1.59. The van der Waals surface area contributed by atoms with E-state index in [9.17, 15) is 12.8 Å². The molecule has 1 rings (SSSR count). The summed E-state index contributed by atoms with van der Waals surface area (Å²) in [6.45, 7) is -0.138. The SMILES string of the molecule is COc1c(CON)cc(F)c(S(C)(=O)=O)c1OC. The highest BCUT2D eigenvalue weighted by atomic mass is 32.2. The minimum absolute atomic E-state index is 0.0739. The summed E-state index contributed by atoms with van der Waals surface area (Å²) >= 11 is 0. The third-order valence-electron chi connectivity index (χ3n) is 2.24. The summed E-state index contributed by atoms with van der Waals surface area (Å²) in [7, 11) is -1.26. The first-order chi connectivity index (χ1) is 8.36. The van der Waals surface area contributed by atoms with Crippen molar-refractivity contribution in [2.45, 2.75) is 11.5 Å². The van der Waals surface area contributed by atoms with E-state index < -0.39 is 20.5 Å². The summed E-state index contributed by atoms with van der Waals surface area (Å²) in [5.41, 5.74) is 0.252. The number of halogens is 1. The number of methoxy groups -OCH3 is 2. The molecule has 1 aromatic carbocycles. The number of hydrogen-bond acceptors (Lipinski definition) is 6. The topological polar surface area (TPSA) is 87.9 Å². The maximum Gasteiger partial charge on any atom is 0.182 e. The minimum Gasteiger partial charge on any atom is -0.492 e. The summed E-state index contributed by atoms with van der Waals surface area (Å²) in [6, 6.07) is 0.991. The molecule has 102 valence electrons. The fourth-order valence-corrected chi connectivity index (χ4v) is 2.52. The lowest BCUT2D eigenvalue weighted by Crippen LogP contribution is -2.09. The molecule has 0 aromatic heterocycles. The van der Waals surface area contributed by atoms with Crippen LogP contribution in [0.5, 0.6) is 11.5 Å². The Hall–Kier alpha value is -1.38. The maximum absolute atomic E-state index is 13.8. The first-order valence-electron chi connectivity index (χ1n) is 4.81. The lowest BCUT2D eigenvalue weighted by molar-refractivity contribution is 0.121. The Morgan fingerprint density at radius 2 is 1.83 bits per heavy atom. The van der Waals surface area contributed by atoms with E-state index in [1.165, 1.54) is 14.2 Å². The third-order valence-corrected chi connectivity index (χ3v) is 3.36. The number of sulfone groups is 1. The standard InChI is InChI=1S/C10H14FNO5S/c1-15-8-6(5-17-12)4-7(11)10(9(8)16-2)18(3,13)14/h4H,5,12H2,1-3H3. The zero-order valence-corrected chi connectivity index (χ0v) is 11.0. The predicted molar refractivity (Wildman–Crippen MR) is 61.6 cm³/mol. The quantitative estimate of drug-likeness (QED) is 0.796. The molecule has 0 radical (unpaired) electrons. The summed E-state index contributed by atoms with van der Waals surface area (Å²) < 4.78 is 46.8. The van der Waals surface area contributed by atoms with Crippen molar-refractivity contribution in [1.82, 2.24) is 0 Å². The average molecular weight is 279 g/mol. The molecule has 0 amide bonds. The fraction of sp³-hybridized carbons (Fsp3) is 0.400. The Morgan fingerprint density at radius 1 is 1.28 bits per heavy atom. The van der Waals surface area contributed by atoms with Crippen molar-refractivity contribution in [2.24, 2.45) is 5.90 Å². The molecule has 0 atom stereocenters. The van der Waals surface area contributed by atoms with Crippen LogP contribution in [0.4, 0.5) is 4.39 Å². The van der Waals surface area contributed by atoms with Gasteiger partial charge in [0.1, 0.15) is 10.7 Å². The van der Waals surface area contributed by atoms with E-state index in [2.05, 4.69) is 4.84 Å². The molecule has 0 fully saturated rings. The number of rotatable bonds is 5. The zero-order valence-electron chi connectivity index (χ0n) is 10.2. The molecule has 1 aromatic rings. The Morgan fingerprint density at radius 3 is 2.22 bits per heavy atom. The van der Waals surface area contributed by atoms with Gasteiger partial charge in [0.2, 0.25) is 0 Å². The van der Waals surface area contributed by atoms with E-state index in [1.807, 2.05) is 0 Å². The second kappa shape index (κ2) is 5.51. The van der Waals surface area contributed by atoms with Gasteiger partial charge in [-0.3, -0.25) is 4.84 Å². The van der Waals surface area contributed by atoms with Gasteiger partial charge in [0.05, 0.1) is 20.8 Å². The van der Waals surface area contributed by atoms with Gasteiger partial charge in [-0.15, -0.1) is 0 Å². The molecule has 0 aliphatic rings. The van der Waals surface area contributed by atoms with E-state index >= 15 is 0 Å². The highest BCUT2D eigenvalue weighted by Gasteiger charge is 2.26. The number of nitrogens with two attached hydrogens (primary N) is 1. The molecule has 0 aliphatic heterocycles.